The summed E-state index contributed by atoms with van der Waals surface area (Å²) in [5.74, 6) is -0.0355. The number of aryl methyl sites for hydroxylation is 1. The number of hydrogen-bond donors (Lipinski definition) is 0. The van der Waals surface area contributed by atoms with Crippen LogP contribution in [0.5, 0.6) is 0 Å². The molecule has 0 aliphatic carbocycles. The summed E-state index contributed by atoms with van der Waals surface area (Å²) in [5.41, 5.74) is 1.64. The maximum absolute atomic E-state index is 12.6. The van der Waals surface area contributed by atoms with Gasteiger partial charge >= 0.3 is 6.18 Å². The van der Waals surface area contributed by atoms with Gasteiger partial charge in [0.1, 0.15) is 0 Å². The predicted molar refractivity (Wildman–Crippen MR) is 91.6 cm³/mol. The van der Waals surface area contributed by atoms with Crippen molar-refractivity contribution in [3.8, 4) is 0 Å². The summed E-state index contributed by atoms with van der Waals surface area (Å²) in [6.45, 7) is 5.00. The highest BCUT2D eigenvalue weighted by Crippen LogP contribution is 2.29. The van der Waals surface area contributed by atoms with E-state index in [1.807, 2.05) is 13.0 Å². The standard InChI is InChI=1S/C19H20F3N3O/c1-14-2-5-16(12-23-14)18(26)25-10-8-24(9-11-25)13-15-3-6-17(7-4-15)19(20,21)22/h2-7,12H,8-11,13H2,1H3. The van der Waals surface area contributed by atoms with Gasteiger partial charge in [-0.1, -0.05) is 12.1 Å². The predicted octanol–water partition coefficient (Wildman–Crippen LogP) is 3.37. The molecule has 7 heteroatoms. The minimum Gasteiger partial charge on any atom is -0.336 e. The summed E-state index contributed by atoms with van der Waals surface area (Å²) in [5, 5.41) is 0. The Morgan fingerprint density at radius 1 is 1.04 bits per heavy atom. The molecular weight excluding hydrogens is 343 g/mol. The van der Waals surface area contributed by atoms with Crippen molar-refractivity contribution in [2.45, 2.75) is 19.6 Å². The Morgan fingerprint density at radius 2 is 1.69 bits per heavy atom. The zero-order chi connectivity index (χ0) is 18.7. The van der Waals surface area contributed by atoms with Gasteiger partial charge in [-0.3, -0.25) is 14.7 Å². The fraction of sp³-hybridized carbons (Fsp3) is 0.368. The lowest BCUT2D eigenvalue weighted by Crippen LogP contribution is -2.48. The molecule has 2 aromatic rings. The molecule has 3 rings (SSSR count). The molecule has 0 radical (unpaired) electrons. The second-order valence-corrected chi connectivity index (χ2v) is 6.45. The molecule has 1 aliphatic heterocycles. The molecule has 0 bridgehead atoms. The zero-order valence-corrected chi connectivity index (χ0v) is 14.5. The number of halogens is 3. The molecule has 1 saturated heterocycles. The average Bonchev–Trinajstić information content (AvgIpc) is 2.62. The average molecular weight is 363 g/mol. The van der Waals surface area contributed by atoms with E-state index in [0.717, 1.165) is 23.4 Å². The van der Waals surface area contributed by atoms with E-state index in [4.69, 9.17) is 0 Å². The maximum atomic E-state index is 12.6. The van der Waals surface area contributed by atoms with Crippen LogP contribution in [0.1, 0.15) is 27.2 Å². The van der Waals surface area contributed by atoms with Gasteiger partial charge in [-0.05, 0) is 36.8 Å². The molecule has 0 N–H and O–H groups in total. The second kappa shape index (κ2) is 7.45. The van der Waals surface area contributed by atoms with Crippen molar-refractivity contribution in [3.05, 3.63) is 65.0 Å². The summed E-state index contributed by atoms with van der Waals surface area (Å²) in [4.78, 5) is 20.5. The minimum atomic E-state index is -4.31. The Balaban J connectivity index is 1.53. The fourth-order valence-electron chi connectivity index (χ4n) is 2.94. The van der Waals surface area contributed by atoms with E-state index in [1.54, 1.807) is 17.2 Å². The van der Waals surface area contributed by atoms with Crippen molar-refractivity contribution in [1.82, 2.24) is 14.8 Å². The smallest absolute Gasteiger partial charge is 0.336 e. The molecule has 1 aromatic heterocycles. The normalized spacial score (nSPS) is 15.9. The number of carbonyl (C=O) groups excluding carboxylic acids is 1. The largest absolute Gasteiger partial charge is 0.416 e. The Labute approximate surface area is 150 Å². The molecule has 1 amide bonds. The number of nitrogens with zero attached hydrogens (tertiary/aromatic N) is 3. The van der Waals surface area contributed by atoms with Crippen LogP contribution in [0.3, 0.4) is 0 Å². The van der Waals surface area contributed by atoms with E-state index in [9.17, 15) is 18.0 Å². The van der Waals surface area contributed by atoms with Crippen LogP contribution in [0.2, 0.25) is 0 Å². The third-order valence-electron chi connectivity index (χ3n) is 4.51. The van der Waals surface area contributed by atoms with Crippen LogP contribution < -0.4 is 0 Å². The summed E-state index contributed by atoms with van der Waals surface area (Å²) in [7, 11) is 0. The number of piperazine rings is 1. The topological polar surface area (TPSA) is 36.4 Å². The SMILES string of the molecule is Cc1ccc(C(=O)N2CCN(Cc3ccc(C(F)(F)F)cc3)CC2)cn1. The molecular formula is C19H20F3N3O. The summed E-state index contributed by atoms with van der Waals surface area (Å²) in [6.07, 6.45) is -2.72. The molecule has 2 heterocycles. The molecule has 0 atom stereocenters. The lowest BCUT2D eigenvalue weighted by molar-refractivity contribution is -0.137. The van der Waals surface area contributed by atoms with Crippen LogP contribution in [0.25, 0.3) is 0 Å². The first kappa shape index (κ1) is 18.4. The van der Waals surface area contributed by atoms with Gasteiger partial charge in [0.25, 0.3) is 5.91 Å². The van der Waals surface area contributed by atoms with Gasteiger partial charge in [0.05, 0.1) is 11.1 Å². The fourth-order valence-corrected chi connectivity index (χ4v) is 2.94. The number of aromatic nitrogens is 1. The summed E-state index contributed by atoms with van der Waals surface area (Å²) < 4.78 is 37.8. The Kier molecular flexibility index (Phi) is 5.27. The quantitative estimate of drug-likeness (QED) is 0.839. The third-order valence-corrected chi connectivity index (χ3v) is 4.51. The number of alkyl halides is 3. The highest BCUT2D eigenvalue weighted by molar-refractivity contribution is 5.94. The number of hydrogen-bond acceptors (Lipinski definition) is 3. The Bertz CT molecular complexity index is 749. The third kappa shape index (κ3) is 4.40. The van der Waals surface area contributed by atoms with Crippen molar-refractivity contribution in [3.63, 3.8) is 0 Å². The molecule has 26 heavy (non-hydrogen) atoms. The zero-order valence-electron chi connectivity index (χ0n) is 14.5. The molecule has 1 aromatic carbocycles. The lowest BCUT2D eigenvalue weighted by Gasteiger charge is -2.34. The van der Waals surface area contributed by atoms with E-state index in [2.05, 4.69) is 9.88 Å². The monoisotopic (exact) mass is 363 g/mol. The number of rotatable bonds is 3. The molecule has 4 nitrogen and oxygen atoms in total. The molecule has 0 saturated carbocycles. The van der Waals surface area contributed by atoms with Gasteiger partial charge in [-0.15, -0.1) is 0 Å². The van der Waals surface area contributed by atoms with Gasteiger partial charge in [0.15, 0.2) is 0 Å². The van der Waals surface area contributed by atoms with Crippen LogP contribution in [-0.4, -0.2) is 46.9 Å². The van der Waals surface area contributed by atoms with E-state index < -0.39 is 11.7 Å². The van der Waals surface area contributed by atoms with Crippen molar-refractivity contribution >= 4 is 5.91 Å². The van der Waals surface area contributed by atoms with Gasteiger partial charge < -0.3 is 4.90 Å². The van der Waals surface area contributed by atoms with Crippen LogP contribution in [0.4, 0.5) is 13.2 Å². The Hall–Kier alpha value is -2.41. The van der Waals surface area contributed by atoms with Crippen LogP contribution in [0, 0.1) is 6.92 Å². The summed E-state index contributed by atoms with van der Waals surface area (Å²) >= 11 is 0. The first-order valence-corrected chi connectivity index (χ1v) is 8.43. The van der Waals surface area contributed by atoms with Crippen molar-refractivity contribution in [2.24, 2.45) is 0 Å². The number of carbonyl (C=O) groups is 1. The molecule has 138 valence electrons. The van der Waals surface area contributed by atoms with Crippen molar-refractivity contribution in [1.29, 1.82) is 0 Å². The Morgan fingerprint density at radius 3 is 2.23 bits per heavy atom. The van der Waals surface area contributed by atoms with Crippen molar-refractivity contribution < 1.29 is 18.0 Å². The number of pyridine rings is 1. The first-order chi connectivity index (χ1) is 12.3. The van der Waals surface area contributed by atoms with Crippen LogP contribution in [0.15, 0.2) is 42.6 Å². The highest BCUT2D eigenvalue weighted by Gasteiger charge is 2.30. The first-order valence-electron chi connectivity index (χ1n) is 8.43. The molecule has 0 unspecified atom stereocenters. The maximum Gasteiger partial charge on any atom is 0.416 e. The molecule has 1 fully saturated rings. The summed E-state index contributed by atoms with van der Waals surface area (Å²) in [6, 6.07) is 8.84. The van der Waals surface area contributed by atoms with E-state index in [0.29, 0.717) is 38.3 Å². The number of benzene rings is 1. The second-order valence-electron chi connectivity index (χ2n) is 6.45. The van der Waals surface area contributed by atoms with E-state index in [-0.39, 0.29) is 5.91 Å². The minimum absolute atomic E-state index is 0.0355. The lowest BCUT2D eigenvalue weighted by atomic mass is 10.1. The molecule has 0 spiro atoms. The van der Waals surface area contributed by atoms with E-state index >= 15 is 0 Å². The highest BCUT2D eigenvalue weighted by atomic mass is 19.4. The van der Waals surface area contributed by atoms with Gasteiger partial charge in [0.2, 0.25) is 0 Å². The van der Waals surface area contributed by atoms with Gasteiger partial charge in [-0.25, -0.2) is 0 Å². The van der Waals surface area contributed by atoms with Gasteiger partial charge in [-0.2, -0.15) is 13.2 Å². The van der Waals surface area contributed by atoms with Crippen molar-refractivity contribution in [2.75, 3.05) is 26.2 Å². The number of amides is 1. The van der Waals surface area contributed by atoms with Crippen LogP contribution in [-0.2, 0) is 12.7 Å². The molecule has 1 aliphatic rings. The van der Waals surface area contributed by atoms with Crippen LogP contribution >= 0.6 is 0 Å². The van der Waals surface area contributed by atoms with E-state index in [1.165, 1.54) is 12.1 Å². The van der Waals surface area contributed by atoms with Gasteiger partial charge in [0, 0.05) is 44.6 Å².